The van der Waals surface area contributed by atoms with Gasteiger partial charge in [0.25, 0.3) is 0 Å². The lowest BCUT2D eigenvalue weighted by Gasteiger charge is -2.37. The molecule has 2 unspecified atom stereocenters. The van der Waals surface area contributed by atoms with Crippen LogP contribution in [0.25, 0.3) is 10.8 Å². The predicted octanol–water partition coefficient (Wildman–Crippen LogP) is 2.82. The maximum atomic E-state index is 6.06. The van der Waals surface area contributed by atoms with Gasteiger partial charge in [-0.1, -0.05) is 49.4 Å². The fourth-order valence-corrected chi connectivity index (χ4v) is 3.28. The second-order valence-corrected chi connectivity index (χ2v) is 5.64. The first-order valence-corrected chi connectivity index (χ1v) is 7.82. The van der Waals surface area contributed by atoms with Crippen molar-refractivity contribution >= 4 is 10.8 Å². The van der Waals surface area contributed by atoms with E-state index in [9.17, 15) is 0 Å². The molecule has 0 aromatic heterocycles. The Kier molecular flexibility index (Phi) is 4.54. The van der Waals surface area contributed by atoms with E-state index < -0.39 is 0 Å². The summed E-state index contributed by atoms with van der Waals surface area (Å²) >= 11 is 0. The van der Waals surface area contributed by atoms with E-state index >= 15 is 0 Å². The molecular weight excluding hydrogens is 260 g/mol. The van der Waals surface area contributed by atoms with E-state index in [4.69, 9.17) is 4.74 Å². The third kappa shape index (κ3) is 2.95. The lowest BCUT2D eigenvalue weighted by atomic mass is 9.94. The van der Waals surface area contributed by atoms with E-state index in [1.807, 2.05) is 7.05 Å². The van der Waals surface area contributed by atoms with Crippen LogP contribution in [0, 0.1) is 0 Å². The first kappa shape index (κ1) is 14.5. The average molecular weight is 284 g/mol. The third-order valence-corrected chi connectivity index (χ3v) is 4.47. The normalized spacial score (nSPS) is 21.5. The molecule has 3 heteroatoms. The van der Waals surface area contributed by atoms with Crippen molar-refractivity contribution in [2.24, 2.45) is 0 Å². The maximum Gasteiger partial charge on any atom is 0.0897 e. The number of nitrogens with one attached hydrogen (secondary N) is 1. The molecule has 21 heavy (non-hydrogen) atoms. The first-order chi connectivity index (χ1) is 10.3. The number of nitrogens with zero attached hydrogens (tertiary/aromatic N) is 1. The number of hydrogen-bond donors (Lipinski definition) is 1. The lowest BCUT2D eigenvalue weighted by molar-refractivity contribution is -0.0442. The van der Waals surface area contributed by atoms with Gasteiger partial charge in [0.1, 0.15) is 0 Å². The molecule has 1 N–H and O–H groups in total. The number of likely N-dealkylation sites (N-methyl/N-ethyl adjacent to an activating group) is 2. The Labute approximate surface area is 126 Å². The van der Waals surface area contributed by atoms with E-state index in [2.05, 4.69) is 59.6 Å². The fraction of sp³-hybridized carbons (Fsp3) is 0.444. The van der Waals surface area contributed by atoms with Gasteiger partial charge in [-0.3, -0.25) is 4.90 Å². The highest BCUT2D eigenvalue weighted by atomic mass is 16.5. The van der Waals surface area contributed by atoms with Crippen molar-refractivity contribution in [3.05, 3.63) is 48.0 Å². The van der Waals surface area contributed by atoms with E-state index in [-0.39, 0.29) is 12.1 Å². The fourth-order valence-electron chi connectivity index (χ4n) is 3.28. The van der Waals surface area contributed by atoms with Gasteiger partial charge >= 0.3 is 0 Å². The number of rotatable bonds is 4. The van der Waals surface area contributed by atoms with Crippen molar-refractivity contribution in [1.82, 2.24) is 10.2 Å². The van der Waals surface area contributed by atoms with Crippen molar-refractivity contribution < 1.29 is 4.74 Å². The molecule has 1 saturated heterocycles. The number of morpholine rings is 1. The largest absolute Gasteiger partial charge is 0.374 e. The SMILES string of the molecule is CCN1CCOC(C(NC)c2cccc3ccccc23)C1. The topological polar surface area (TPSA) is 24.5 Å². The smallest absolute Gasteiger partial charge is 0.0897 e. The zero-order chi connectivity index (χ0) is 14.7. The highest BCUT2D eigenvalue weighted by molar-refractivity contribution is 5.86. The molecule has 112 valence electrons. The lowest BCUT2D eigenvalue weighted by Crippen LogP contribution is -2.47. The van der Waals surface area contributed by atoms with Crippen molar-refractivity contribution in [3.63, 3.8) is 0 Å². The van der Waals surface area contributed by atoms with Crippen LogP contribution in [0.2, 0.25) is 0 Å². The van der Waals surface area contributed by atoms with Crippen LogP contribution in [0.1, 0.15) is 18.5 Å². The zero-order valence-corrected chi connectivity index (χ0v) is 12.9. The van der Waals surface area contributed by atoms with Gasteiger partial charge < -0.3 is 10.1 Å². The Morgan fingerprint density at radius 3 is 2.86 bits per heavy atom. The quantitative estimate of drug-likeness (QED) is 0.934. The number of fused-ring (bicyclic) bond motifs is 1. The summed E-state index contributed by atoms with van der Waals surface area (Å²) < 4.78 is 6.06. The Balaban J connectivity index is 1.94. The van der Waals surface area contributed by atoms with Crippen molar-refractivity contribution in [2.75, 3.05) is 33.3 Å². The first-order valence-electron chi connectivity index (χ1n) is 7.82. The molecular formula is C18H24N2O. The number of ether oxygens (including phenoxy) is 1. The van der Waals surface area contributed by atoms with Gasteiger partial charge in [0.15, 0.2) is 0 Å². The number of benzene rings is 2. The van der Waals surface area contributed by atoms with Crippen LogP contribution in [0.4, 0.5) is 0 Å². The second kappa shape index (κ2) is 6.56. The minimum Gasteiger partial charge on any atom is -0.374 e. The van der Waals surface area contributed by atoms with Gasteiger partial charge in [-0.15, -0.1) is 0 Å². The Hall–Kier alpha value is -1.42. The average Bonchev–Trinajstić information content (AvgIpc) is 2.56. The molecule has 1 heterocycles. The minimum absolute atomic E-state index is 0.203. The monoisotopic (exact) mass is 284 g/mol. The Morgan fingerprint density at radius 1 is 1.24 bits per heavy atom. The van der Waals surface area contributed by atoms with Crippen LogP contribution in [0.15, 0.2) is 42.5 Å². The highest BCUT2D eigenvalue weighted by Gasteiger charge is 2.28. The summed E-state index contributed by atoms with van der Waals surface area (Å²) in [5, 5.41) is 6.08. The molecule has 1 fully saturated rings. The molecule has 3 nitrogen and oxygen atoms in total. The van der Waals surface area contributed by atoms with Crippen molar-refractivity contribution in [1.29, 1.82) is 0 Å². The molecule has 2 aromatic rings. The minimum atomic E-state index is 0.203. The molecule has 1 aliphatic heterocycles. The van der Waals surface area contributed by atoms with Crippen molar-refractivity contribution in [2.45, 2.75) is 19.1 Å². The zero-order valence-electron chi connectivity index (χ0n) is 12.9. The van der Waals surface area contributed by atoms with Gasteiger partial charge in [-0.2, -0.15) is 0 Å². The van der Waals surface area contributed by atoms with Crippen LogP contribution in [-0.4, -0.2) is 44.3 Å². The van der Waals surface area contributed by atoms with Gasteiger partial charge in [-0.25, -0.2) is 0 Å². The molecule has 0 radical (unpaired) electrons. The second-order valence-electron chi connectivity index (χ2n) is 5.64. The molecule has 0 bridgehead atoms. The molecule has 3 rings (SSSR count). The summed E-state index contributed by atoms with van der Waals surface area (Å²) in [6.45, 7) is 6.16. The van der Waals surface area contributed by atoms with E-state index in [0.717, 1.165) is 26.2 Å². The molecule has 0 spiro atoms. The van der Waals surface area contributed by atoms with Gasteiger partial charge in [-0.05, 0) is 29.9 Å². The molecule has 0 saturated carbocycles. The van der Waals surface area contributed by atoms with E-state index in [1.165, 1.54) is 16.3 Å². The maximum absolute atomic E-state index is 6.06. The van der Waals surface area contributed by atoms with Crippen molar-refractivity contribution in [3.8, 4) is 0 Å². The summed E-state index contributed by atoms with van der Waals surface area (Å²) in [5.74, 6) is 0. The summed E-state index contributed by atoms with van der Waals surface area (Å²) in [6.07, 6.45) is 0.203. The van der Waals surface area contributed by atoms with Crippen LogP contribution < -0.4 is 5.32 Å². The highest BCUT2D eigenvalue weighted by Crippen LogP contribution is 2.28. The Morgan fingerprint density at radius 2 is 2.05 bits per heavy atom. The molecule has 2 atom stereocenters. The molecule has 0 aliphatic carbocycles. The van der Waals surface area contributed by atoms with Gasteiger partial charge in [0, 0.05) is 13.1 Å². The van der Waals surface area contributed by atoms with E-state index in [0.29, 0.717) is 0 Å². The summed E-state index contributed by atoms with van der Waals surface area (Å²) in [5.41, 5.74) is 1.33. The van der Waals surface area contributed by atoms with E-state index in [1.54, 1.807) is 0 Å². The summed E-state index contributed by atoms with van der Waals surface area (Å²) in [7, 11) is 2.03. The van der Waals surface area contributed by atoms with Crippen LogP contribution in [0.3, 0.4) is 0 Å². The predicted molar refractivity (Wildman–Crippen MR) is 87.6 cm³/mol. The summed E-state index contributed by atoms with van der Waals surface area (Å²) in [6, 6.07) is 15.3. The molecule has 0 amide bonds. The standard InChI is InChI=1S/C18H24N2O/c1-3-20-11-12-21-17(13-20)18(19-2)16-10-6-8-14-7-4-5-9-15(14)16/h4-10,17-19H,3,11-13H2,1-2H3. The molecule has 1 aliphatic rings. The van der Waals surface area contributed by atoms with Crippen LogP contribution in [0.5, 0.6) is 0 Å². The number of hydrogen-bond acceptors (Lipinski definition) is 3. The van der Waals surface area contributed by atoms with Gasteiger partial charge in [0.2, 0.25) is 0 Å². The van der Waals surface area contributed by atoms with Crippen LogP contribution >= 0.6 is 0 Å². The van der Waals surface area contributed by atoms with Crippen LogP contribution in [-0.2, 0) is 4.74 Å². The Bertz CT molecular complexity index is 593. The summed E-state index contributed by atoms with van der Waals surface area (Å²) in [4.78, 5) is 2.46. The van der Waals surface area contributed by atoms with Gasteiger partial charge in [0.05, 0.1) is 18.8 Å². The molecule has 2 aromatic carbocycles. The third-order valence-electron chi connectivity index (χ3n) is 4.47.